The lowest BCUT2D eigenvalue weighted by molar-refractivity contribution is 0.0737. The second kappa shape index (κ2) is 8.99. The highest BCUT2D eigenvalue weighted by Crippen LogP contribution is 2.23. The number of amides is 2. The number of rotatable bonds is 7. The number of aromatic nitrogens is 2. The minimum Gasteiger partial charge on any atom is -0.336 e. The van der Waals surface area contributed by atoms with E-state index < -0.39 is 11.7 Å². The Kier molecular flexibility index (Phi) is 6.44. The Morgan fingerprint density at radius 3 is 2.57 bits per heavy atom. The number of carbonyl (C=O) groups excluding carboxylic acids is 2. The van der Waals surface area contributed by atoms with Gasteiger partial charge in [0.05, 0.1) is 11.4 Å². The van der Waals surface area contributed by atoms with Gasteiger partial charge in [-0.15, -0.1) is 0 Å². The highest BCUT2D eigenvalue weighted by Gasteiger charge is 2.29. The Morgan fingerprint density at radius 1 is 1.18 bits per heavy atom. The smallest absolute Gasteiger partial charge is 0.289 e. The molecule has 1 N–H and O–H groups in total. The molecule has 0 unspecified atom stereocenters. The van der Waals surface area contributed by atoms with Crippen molar-refractivity contribution < 1.29 is 14.0 Å². The van der Waals surface area contributed by atoms with Gasteiger partial charge in [0, 0.05) is 19.6 Å². The van der Waals surface area contributed by atoms with Crippen molar-refractivity contribution in [1.29, 1.82) is 0 Å². The Morgan fingerprint density at radius 2 is 1.89 bits per heavy atom. The molecule has 0 saturated carbocycles. The number of carbonyl (C=O) groups is 2. The molecule has 0 atom stereocenters. The van der Waals surface area contributed by atoms with Gasteiger partial charge in [0.25, 0.3) is 11.8 Å². The van der Waals surface area contributed by atoms with Gasteiger partial charge in [-0.2, -0.15) is 0 Å². The van der Waals surface area contributed by atoms with Crippen LogP contribution in [0.5, 0.6) is 0 Å². The molecule has 0 spiro atoms. The van der Waals surface area contributed by atoms with Crippen molar-refractivity contribution in [3.05, 3.63) is 47.3 Å². The second-order valence-corrected chi connectivity index (χ2v) is 7.07. The van der Waals surface area contributed by atoms with Crippen LogP contribution in [0.1, 0.15) is 66.3 Å². The van der Waals surface area contributed by atoms with Gasteiger partial charge in [0.15, 0.2) is 11.5 Å². The van der Waals surface area contributed by atoms with Gasteiger partial charge in [-0.25, -0.2) is 9.37 Å². The van der Waals surface area contributed by atoms with Gasteiger partial charge >= 0.3 is 0 Å². The third-order valence-corrected chi connectivity index (χ3v) is 4.92. The average molecular weight is 386 g/mol. The molecular formula is C21H27FN4O2. The Bertz CT molecular complexity index is 856. The lowest BCUT2D eigenvalue weighted by Gasteiger charge is -2.23. The zero-order valence-electron chi connectivity index (χ0n) is 16.5. The van der Waals surface area contributed by atoms with Crippen LogP contribution in [0.15, 0.2) is 24.3 Å². The highest BCUT2D eigenvalue weighted by atomic mass is 19.1. The largest absolute Gasteiger partial charge is 0.336 e. The number of halogens is 1. The van der Waals surface area contributed by atoms with Gasteiger partial charge in [0.1, 0.15) is 5.82 Å². The fraction of sp³-hybridized carbons (Fsp3) is 0.476. The maximum Gasteiger partial charge on any atom is 0.289 e. The number of hydrogen-bond acceptors (Lipinski definition) is 3. The predicted molar refractivity (Wildman–Crippen MR) is 106 cm³/mol. The first-order chi connectivity index (χ1) is 13.6. The van der Waals surface area contributed by atoms with Gasteiger partial charge in [-0.1, -0.05) is 26.0 Å². The molecular weight excluding hydrogens is 359 g/mol. The van der Waals surface area contributed by atoms with Crippen LogP contribution in [0, 0.1) is 5.82 Å². The molecule has 0 saturated heterocycles. The van der Waals surface area contributed by atoms with E-state index in [1.165, 1.54) is 12.1 Å². The third kappa shape index (κ3) is 4.08. The van der Waals surface area contributed by atoms with Crippen LogP contribution in [-0.2, 0) is 13.0 Å². The van der Waals surface area contributed by atoms with Gasteiger partial charge in [-0.05, 0) is 44.2 Å². The van der Waals surface area contributed by atoms with Crippen LogP contribution in [0.4, 0.5) is 10.1 Å². The van der Waals surface area contributed by atoms with Crippen molar-refractivity contribution in [2.45, 2.75) is 52.5 Å². The first-order valence-electron chi connectivity index (χ1n) is 10.0. The molecule has 6 nitrogen and oxygen atoms in total. The van der Waals surface area contributed by atoms with E-state index in [0.29, 0.717) is 31.9 Å². The number of anilines is 1. The lowest BCUT2D eigenvalue weighted by Crippen LogP contribution is -2.35. The minimum atomic E-state index is -0.503. The van der Waals surface area contributed by atoms with E-state index in [-0.39, 0.29) is 17.3 Å². The lowest BCUT2D eigenvalue weighted by atomic mass is 10.1. The predicted octanol–water partition coefficient (Wildman–Crippen LogP) is 3.87. The molecule has 7 heteroatoms. The summed E-state index contributed by atoms with van der Waals surface area (Å²) >= 11 is 0. The number of hydrogen-bond donors (Lipinski definition) is 1. The zero-order chi connectivity index (χ0) is 20.1. The van der Waals surface area contributed by atoms with E-state index in [9.17, 15) is 14.0 Å². The summed E-state index contributed by atoms with van der Waals surface area (Å²) < 4.78 is 15.8. The van der Waals surface area contributed by atoms with E-state index in [0.717, 1.165) is 31.4 Å². The molecule has 1 aromatic heterocycles. The second-order valence-electron chi connectivity index (χ2n) is 7.07. The van der Waals surface area contributed by atoms with Crippen LogP contribution in [-0.4, -0.2) is 39.4 Å². The van der Waals surface area contributed by atoms with Crippen LogP contribution in [0.2, 0.25) is 0 Å². The topological polar surface area (TPSA) is 67.2 Å². The van der Waals surface area contributed by atoms with Gasteiger partial charge < -0.3 is 14.8 Å². The number of para-hydroxylation sites is 1. The molecule has 2 heterocycles. The van der Waals surface area contributed by atoms with E-state index in [1.54, 1.807) is 17.0 Å². The van der Waals surface area contributed by atoms with Crippen molar-refractivity contribution in [3.63, 3.8) is 0 Å². The van der Waals surface area contributed by atoms with E-state index >= 15 is 0 Å². The van der Waals surface area contributed by atoms with Crippen molar-refractivity contribution in [2.24, 2.45) is 0 Å². The molecule has 28 heavy (non-hydrogen) atoms. The van der Waals surface area contributed by atoms with Crippen molar-refractivity contribution >= 4 is 17.5 Å². The standard InChI is InChI=1S/C21H27FN4O2/c1-3-12-25(13-4-2)21(28)19-24-18(17-11-7-8-14-26(17)19)20(27)23-16-10-6-5-9-15(16)22/h5-6,9-10H,3-4,7-8,11-14H2,1-2H3,(H,23,27). The highest BCUT2D eigenvalue weighted by molar-refractivity contribution is 6.05. The first kappa shape index (κ1) is 20.0. The molecule has 150 valence electrons. The summed E-state index contributed by atoms with van der Waals surface area (Å²) in [5.74, 6) is -0.809. The quantitative estimate of drug-likeness (QED) is 0.785. The summed E-state index contributed by atoms with van der Waals surface area (Å²) in [7, 11) is 0. The molecule has 2 aromatic rings. The van der Waals surface area contributed by atoms with Crippen LogP contribution in [0.3, 0.4) is 0 Å². The van der Waals surface area contributed by atoms with Crippen molar-refractivity contribution in [1.82, 2.24) is 14.5 Å². The molecule has 2 amide bonds. The Balaban J connectivity index is 1.93. The number of nitrogens with zero attached hydrogens (tertiary/aromatic N) is 3. The molecule has 1 aliphatic heterocycles. The van der Waals surface area contributed by atoms with Crippen LogP contribution < -0.4 is 5.32 Å². The van der Waals surface area contributed by atoms with Gasteiger partial charge in [0.2, 0.25) is 0 Å². The zero-order valence-corrected chi connectivity index (χ0v) is 16.5. The van der Waals surface area contributed by atoms with E-state index in [1.807, 2.05) is 18.4 Å². The summed E-state index contributed by atoms with van der Waals surface area (Å²) in [5, 5.41) is 2.59. The first-order valence-corrected chi connectivity index (χ1v) is 10.0. The normalized spacial score (nSPS) is 13.1. The van der Waals surface area contributed by atoms with Gasteiger partial charge in [-0.3, -0.25) is 9.59 Å². The minimum absolute atomic E-state index is 0.108. The summed E-state index contributed by atoms with van der Waals surface area (Å²) in [6, 6.07) is 6.02. The fourth-order valence-corrected chi connectivity index (χ4v) is 3.63. The van der Waals surface area contributed by atoms with Crippen molar-refractivity contribution in [3.8, 4) is 0 Å². The molecule has 0 aliphatic carbocycles. The summed E-state index contributed by atoms with van der Waals surface area (Å²) in [5.41, 5.74) is 1.09. The monoisotopic (exact) mass is 386 g/mol. The van der Waals surface area contributed by atoms with Crippen LogP contribution in [0.25, 0.3) is 0 Å². The summed E-state index contributed by atoms with van der Waals surface area (Å²) in [6.45, 7) is 6.05. The summed E-state index contributed by atoms with van der Waals surface area (Å²) in [4.78, 5) is 32.1. The number of imidazole rings is 1. The molecule has 0 fully saturated rings. The van der Waals surface area contributed by atoms with Crippen LogP contribution >= 0.6 is 0 Å². The Labute approximate surface area is 164 Å². The number of nitrogens with one attached hydrogen (secondary N) is 1. The molecule has 1 aromatic carbocycles. The molecule has 3 rings (SSSR count). The molecule has 0 radical (unpaired) electrons. The Hall–Kier alpha value is -2.70. The average Bonchev–Trinajstić information content (AvgIpc) is 3.09. The third-order valence-electron chi connectivity index (χ3n) is 4.92. The maximum atomic E-state index is 13.9. The molecule has 0 bridgehead atoms. The number of fused-ring (bicyclic) bond motifs is 1. The SMILES string of the molecule is CCCN(CCC)C(=O)c1nc(C(=O)Nc2ccccc2F)c2n1CCCC2. The summed E-state index contributed by atoms with van der Waals surface area (Å²) in [6.07, 6.45) is 4.29. The van der Waals surface area contributed by atoms with E-state index in [2.05, 4.69) is 10.3 Å². The number of benzene rings is 1. The van der Waals surface area contributed by atoms with E-state index in [4.69, 9.17) is 0 Å². The maximum absolute atomic E-state index is 13.9. The van der Waals surface area contributed by atoms with Crippen molar-refractivity contribution in [2.75, 3.05) is 18.4 Å². The fourth-order valence-electron chi connectivity index (χ4n) is 3.63. The molecule has 1 aliphatic rings.